The fraction of sp³-hybridized carbons (Fsp3) is 0.308. The van der Waals surface area contributed by atoms with Crippen molar-refractivity contribution in [3.05, 3.63) is 30.0 Å². The Morgan fingerprint density at radius 1 is 1.47 bits per heavy atom. The molecule has 1 atom stereocenters. The Balaban J connectivity index is 2.46. The zero-order valence-electron chi connectivity index (χ0n) is 9.84. The highest BCUT2D eigenvalue weighted by Gasteiger charge is 2.15. The van der Waals surface area contributed by atoms with Gasteiger partial charge in [0.1, 0.15) is 5.75 Å². The van der Waals surface area contributed by atoms with Gasteiger partial charge in [0.05, 0.1) is 11.4 Å². The molecule has 2 N–H and O–H groups in total. The van der Waals surface area contributed by atoms with Crippen molar-refractivity contribution in [1.82, 2.24) is 4.57 Å². The van der Waals surface area contributed by atoms with Crippen LogP contribution in [0.5, 0.6) is 5.75 Å². The minimum Gasteiger partial charge on any atom is -0.507 e. The van der Waals surface area contributed by atoms with Gasteiger partial charge in [-0.2, -0.15) is 0 Å². The van der Waals surface area contributed by atoms with Gasteiger partial charge in [0, 0.05) is 24.5 Å². The SMILES string of the molecule is CC(Cc1cc2c(O)cccc2n1C)C(=O)O. The first kappa shape index (κ1) is 11.5. The first-order chi connectivity index (χ1) is 8.00. The second-order valence-electron chi connectivity index (χ2n) is 4.35. The third-order valence-electron chi connectivity index (χ3n) is 3.10. The van der Waals surface area contributed by atoms with E-state index in [-0.39, 0.29) is 5.75 Å². The average molecular weight is 233 g/mol. The third-order valence-corrected chi connectivity index (χ3v) is 3.10. The molecule has 0 aliphatic carbocycles. The van der Waals surface area contributed by atoms with E-state index in [1.807, 2.05) is 23.7 Å². The molecule has 0 amide bonds. The molecule has 0 saturated heterocycles. The van der Waals surface area contributed by atoms with Gasteiger partial charge in [0.15, 0.2) is 0 Å². The Labute approximate surface area is 99.1 Å². The van der Waals surface area contributed by atoms with Crippen LogP contribution < -0.4 is 0 Å². The summed E-state index contributed by atoms with van der Waals surface area (Å²) in [5, 5.41) is 19.4. The van der Waals surface area contributed by atoms with Crippen molar-refractivity contribution in [3.63, 3.8) is 0 Å². The number of aromatic hydroxyl groups is 1. The van der Waals surface area contributed by atoms with E-state index in [9.17, 15) is 9.90 Å². The first-order valence-corrected chi connectivity index (χ1v) is 5.49. The topological polar surface area (TPSA) is 62.5 Å². The minimum absolute atomic E-state index is 0.229. The van der Waals surface area contributed by atoms with Crippen molar-refractivity contribution in [2.24, 2.45) is 13.0 Å². The number of phenols is 1. The van der Waals surface area contributed by atoms with Crippen LogP contribution in [-0.2, 0) is 18.3 Å². The number of nitrogens with zero attached hydrogens (tertiary/aromatic N) is 1. The molecule has 0 bridgehead atoms. The summed E-state index contributed by atoms with van der Waals surface area (Å²) < 4.78 is 1.93. The van der Waals surface area contributed by atoms with Crippen LogP contribution in [0, 0.1) is 5.92 Å². The van der Waals surface area contributed by atoms with E-state index in [0.717, 1.165) is 16.6 Å². The summed E-state index contributed by atoms with van der Waals surface area (Å²) in [6.45, 7) is 1.68. The zero-order valence-corrected chi connectivity index (χ0v) is 9.84. The summed E-state index contributed by atoms with van der Waals surface area (Å²) in [6.07, 6.45) is 0.458. The molecule has 2 rings (SSSR count). The number of rotatable bonds is 3. The lowest BCUT2D eigenvalue weighted by Gasteiger charge is -2.07. The van der Waals surface area contributed by atoms with Gasteiger partial charge < -0.3 is 14.8 Å². The van der Waals surface area contributed by atoms with Crippen LogP contribution in [0.15, 0.2) is 24.3 Å². The van der Waals surface area contributed by atoms with Crippen molar-refractivity contribution in [2.75, 3.05) is 0 Å². The normalized spacial score (nSPS) is 12.8. The molecule has 1 aromatic heterocycles. The molecule has 1 unspecified atom stereocenters. The Morgan fingerprint density at radius 2 is 2.18 bits per heavy atom. The van der Waals surface area contributed by atoms with E-state index in [0.29, 0.717) is 6.42 Å². The number of hydrogen-bond donors (Lipinski definition) is 2. The second-order valence-corrected chi connectivity index (χ2v) is 4.35. The number of benzene rings is 1. The molecule has 0 aliphatic heterocycles. The van der Waals surface area contributed by atoms with E-state index < -0.39 is 11.9 Å². The molecular formula is C13H15NO3. The lowest BCUT2D eigenvalue weighted by Crippen LogP contribution is -2.13. The summed E-state index contributed by atoms with van der Waals surface area (Å²) in [5.74, 6) is -1.01. The molecule has 0 fully saturated rings. The van der Waals surface area contributed by atoms with Crippen molar-refractivity contribution >= 4 is 16.9 Å². The molecule has 2 aromatic rings. The Hall–Kier alpha value is -1.97. The van der Waals surface area contributed by atoms with Crippen LogP contribution in [0.2, 0.25) is 0 Å². The fourth-order valence-corrected chi connectivity index (χ4v) is 2.00. The Kier molecular flexibility index (Phi) is 2.79. The molecule has 0 radical (unpaired) electrons. The van der Waals surface area contributed by atoms with Crippen LogP contribution in [0.1, 0.15) is 12.6 Å². The maximum atomic E-state index is 10.8. The number of aliphatic carboxylic acids is 1. The highest BCUT2D eigenvalue weighted by Crippen LogP contribution is 2.28. The van der Waals surface area contributed by atoms with Gasteiger partial charge in [-0.15, -0.1) is 0 Å². The van der Waals surface area contributed by atoms with Crippen LogP contribution >= 0.6 is 0 Å². The summed E-state index contributed by atoms with van der Waals surface area (Å²) in [7, 11) is 1.88. The molecule has 0 saturated carbocycles. The lowest BCUT2D eigenvalue weighted by molar-refractivity contribution is -0.141. The molecule has 17 heavy (non-hydrogen) atoms. The molecule has 90 valence electrons. The molecule has 4 heteroatoms. The molecule has 0 aliphatic rings. The summed E-state index contributed by atoms with van der Waals surface area (Å²) in [4.78, 5) is 10.8. The van der Waals surface area contributed by atoms with E-state index >= 15 is 0 Å². The first-order valence-electron chi connectivity index (χ1n) is 5.49. The van der Waals surface area contributed by atoms with Crippen molar-refractivity contribution in [3.8, 4) is 5.75 Å². The van der Waals surface area contributed by atoms with E-state index in [1.165, 1.54) is 0 Å². The van der Waals surface area contributed by atoms with Gasteiger partial charge in [-0.3, -0.25) is 4.79 Å². The molecular weight excluding hydrogens is 218 g/mol. The van der Waals surface area contributed by atoms with Crippen LogP contribution in [0.25, 0.3) is 10.9 Å². The minimum atomic E-state index is -0.806. The van der Waals surface area contributed by atoms with Gasteiger partial charge >= 0.3 is 5.97 Å². The number of carboxylic acid groups (broad SMARTS) is 1. The van der Waals surface area contributed by atoms with Crippen molar-refractivity contribution in [2.45, 2.75) is 13.3 Å². The van der Waals surface area contributed by atoms with Crippen molar-refractivity contribution in [1.29, 1.82) is 0 Å². The number of aromatic nitrogens is 1. The summed E-state index contributed by atoms with van der Waals surface area (Å²) in [5.41, 5.74) is 1.83. The molecule has 1 aromatic carbocycles. The third kappa shape index (κ3) is 1.98. The van der Waals surface area contributed by atoms with E-state index in [1.54, 1.807) is 19.1 Å². The number of phenolic OH excluding ortho intramolecular Hbond substituents is 1. The van der Waals surface area contributed by atoms with Crippen LogP contribution in [0.4, 0.5) is 0 Å². The lowest BCUT2D eigenvalue weighted by atomic mass is 10.1. The number of carboxylic acids is 1. The highest BCUT2D eigenvalue weighted by atomic mass is 16.4. The van der Waals surface area contributed by atoms with E-state index in [2.05, 4.69) is 0 Å². The van der Waals surface area contributed by atoms with Crippen molar-refractivity contribution < 1.29 is 15.0 Å². The Bertz CT molecular complexity index is 571. The maximum absolute atomic E-state index is 10.8. The largest absolute Gasteiger partial charge is 0.507 e. The molecule has 4 nitrogen and oxygen atoms in total. The zero-order chi connectivity index (χ0) is 12.6. The summed E-state index contributed by atoms with van der Waals surface area (Å²) >= 11 is 0. The van der Waals surface area contributed by atoms with Gasteiger partial charge in [0.25, 0.3) is 0 Å². The highest BCUT2D eigenvalue weighted by molar-refractivity contribution is 5.87. The van der Waals surface area contributed by atoms with Crippen LogP contribution in [-0.4, -0.2) is 20.7 Å². The quantitative estimate of drug-likeness (QED) is 0.853. The monoisotopic (exact) mass is 233 g/mol. The summed E-state index contributed by atoms with van der Waals surface area (Å²) in [6, 6.07) is 7.17. The fourth-order valence-electron chi connectivity index (χ4n) is 2.00. The standard InChI is InChI=1S/C13H15NO3/c1-8(13(16)17)6-9-7-10-11(14(9)2)4-3-5-12(10)15/h3-5,7-8,15H,6H2,1-2H3,(H,16,17). The predicted molar refractivity (Wildman–Crippen MR) is 65.1 cm³/mol. The van der Waals surface area contributed by atoms with E-state index in [4.69, 9.17) is 5.11 Å². The van der Waals surface area contributed by atoms with Gasteiger partial charge in [-0.1, -0.05) is 13.0 Å². The number of hydrogen-bond acceptors (Lipinski definition) is 2. The number of aryl methyl sites for hydroxylation is 1. The van der Waals surface area contributed by atoms with Gasteiger partial charge in [-0.05, 0) is 18.2 Å². The maximum Gasteiger partial charge on any atom is 0.306 e. The Morgan fingerprint density at radius 3 is 2.76 bits per heavy atom. The van der Waals surface area contributed by atoms with Gasteiger partial charge in [0.2, 0.25) is 0 Å². The second kappa shape index (κ2) is 4.13. The number of fused-ring (bicyclic) bond motifs is 1. The predicted octanol–water partition coefficient (Wildman–Crippen LogP) is 2.15. The molecule has 1 heterocycles. The smallest absolute Gasteiger partial charge is 0.306 e. The molecule has 0 spiro atoms. The van der Waals surface area contributed by atoms with Gasteiger partial charge in [-0.25, -0.2) is 0 Å². The average Bonchev–Trinajstić information content (AvgIpc) is 2.58. The van der Waals surface area contributed by atoms with Crippen LogP contribution in [0.3, 0.4) is 0 Å². The number of carbonyl (C=O) groups is 1.